The van der Waals surface area contributed by atoms with Crippen LogP contribution in [0.15, 0.2) is 30.3 Å². The number of rotatable bonds is 5. The number of halogens is 1. The van der Waals surface area contributed by atoms with E-state index >= 15 is 0 Å². The van der Waals surface area contributed by atoms with E-state index in [0.717, 1.165) is 12.1 Å². The highest BCUT2D eigenvalue weighted by Crippen LogP contribution is 2.06. The Balaban J connectivity index is 2.58. The van der Waals surface area contributed by atoms with E-state index in [9.17, 15) is 9.18 Å². The standard InChI is InChI=1S/C14H18FNO/c1-11(10-16(2)3)14(17)9-6-12-4-7-13(15)8-5-12/h4-9,11H,10H2,1-3H3/b9-6-/t11-/m1/s1. The van der Waals surface area contributed by atoms with E-state index in [1.807, 2.05) is 25.9 Å². The van der Waals surface area contributed by atoms with Crippen LogP contribution < -0.4 is 0 Å². The molecular weight excluding hydrogens is 217 g/mol. The molecule has 0 heterocycles. The third-order valence-corrected chi connectivity index (χ3v) is 2.43. The summed E-state index contributed by atoms with van der Waals surface area (Å²) in [5.41, 5.74) is 0.830. The summed E-state index contributed by atoms with van der Waals surface area (Å²) in [5, 5.41) is 0. The second kappa shape index (κ2) is 6.30. The molecule has 0 unspecified atom stereocenters. The lowest BCUT2D eigenvalue weighted by Gasteiger charge is -2.13. The lowest BCUT2D eigenvalue weighted by atomic mass is 10.0. The number of benzene rings is 1. The molecule has 3 heteroatoms. The van der Waals surface area contributed by atoms with Crippen molar-refractivity contribution in [2.75, 3.05) is 20.6 Å². The molecule has 0 N–H and O–H groups in total. The Morgan fingerprint density at radius 1 is 1.35 bits per heavy atom. The monoisotopic (exact) mass is 235 g/mol. The zero-order chi connectivity index (χ0) is 12.8. The van der Waals surface area contributed by atoms with Crippen LogP contribution in [-0.2, 0) is 4.79 Å². The minimum absolute atomic E-state index is 0.0262. The van der Waals surface area contributed by atoms with Crippen LogP contribution in [0.2, 0.25) is 0 Å². The van der Waals surface area contributed by atoms with Crippen LogP contribution in [0.1, 0.15) is 12.5 Å². The molecule has 0 aliphatic heterocycles. The molecule has 0 amide bonds. The van der Waals surface area contributed by atoms with Crippen molar-refractivity contribution in [1.82, 2.24) is 4.90 Å². The van der Waals surface area contributed by atoms with Gasteiger partial charge in [-0.25, -0.2) is 4.39 Å². The number of carbonyl (C=O) groups is 1. The zero-order valence-corrected chi connectivity index (χ0v) is 10.5. The molecule has 0 aromatic heterocycles. The molecule has 0 aliphatic carbocycles. The van der Waals surface area contributed by atoms with Gasteiger partial charge in [-0.1, -0.05) is 25.1 Å². The summed E-state index contributed by atoms with van der Waals surface area (Å²) in [5.74, 6) is -0.209. The summed E-state index contributed by atoms with van der Waals surface area (Å²) in [6, 6.07) is 6.06. The Morgan fingerprint density at radius 3 is 2.47 bits per heavy atom. The number of carbonyl (C=O) groups excluding carboxylic acids is 1. The van der Waals surface area contributed by atoms with Crippen LogP contribution in [0.5, 0.6) is 0 Å². The second-order valence-corrected chi connectivity index (χ2v) is 4.45. The van der Waals surface area contributed by atoms with Crippen LogP contribution in [0, 0.1) is 11.7 Å². The molecule has 1 atom stereocenters. The number of nitrogens with zero attached hydrogens (tertiary/aromatic N) is 1. The van der Waals surface area contributed by atoms with Gasteiger partial charge < -0.3 is 4.90 Å². The SMILES string of the molecule is C[C@H](CN(C)C)C(=O)/C=C\c1ccc(F)cc1. The zero-order valence-electron chi connectivity index (χ0n) is 10.5. The molecule has 0 aliphatic rings. The predicted molar refractivity (Wildman–Crippen MR) is 68.2 cm³/mol. The minimum Gasteiger partial charge on any atom is -0.309 e. The van der Waals surface area contributed by atoms with Crippen LogP contribution in [0.4, 0.5) is 4.39 Å². The summed E-state index contributed by atoms with van der Waals surface area (Å²) in [6.07, 6.45) is 3.27. The van der Waals surface area contributed by atoms with E-state index in [2.05, 4.69) is 0 Å². The molecule has 17 heavy (non-hydrogen) atoms. The van der Waals surface area contributed by atoms with Crippen molar-refractivity contribution in [3.8, 4) is 0 Å². The molecule has 1 aromatic carbocycles. The van der Waals surface area contributed by atoms with Gasteiger partial charge in [-0.15, -0.1) is 0 Å². The Hall–Kier alpha value is -1.48. The number of ketones is 1. The van der Waals surface area contributed by atoms with Gasteiger partial charge in [0.1, 0.15) is 5.82 Å². The third kappa shape index (κ3) is 4.91. The van der Waals surface area contributed by atoms with Crippen LogP contribution in [0.3, 0.4) is 0 Å². The Bertz CT molecular complexity index is 395. The largest absolute Gasteiger partial charge is 0.309 e. The molecular formula is C14H18FNO. The van der Waals surface area contributed by atoms with E-state index in [0.29, 0.717) is 0 Å². The molecule has 0 bridgehead atoms. The highest BCUT2D eigenvalue weighted by Gasteiger charge is 2.10. The third-order valence-electron chi connectivity index (χ3n) is 2.43. The van der Waals surface area contributed by atoms with Crippen molar-refractivity contribution >= 4 is 11.9 Å². The first-order valence-electron chi connectivity index (χ1n) is 5.61. The fourth-order valence-electron chi connectivity index (χ4n) is 1.55. The minimum atomic E-state index is -0.269. The second-order valence-electron chi connectivity index (χ2n) is 4.45. The molecule has 2 nitrogen and oxygen atoms in total. The van der Waals surface area contributed by atoms with Crippen molar-refractivity contribution in [3.05, 3.63) is 41.7 Å². The first-order valence-corrected chi connectivity index (χ1v) is 5.61. The average Bonchev–Trinajstić information content (AvgIpc) is 2.27. The summed E-state index contributed by atoms with van der Waals surface area (Å²) >= 11 is 0. The summed E-state index contributed by atoms with van der Waals surface area (Å²) in [4.78, 5) is 13.7. The smallest absolute Gasteiger partial charge is 0.159 e. The average molecular weight is 235 g/mol. The lowest BCUT2D eigenvalue weighted by Crippen LogP contribution is -2.24. The molecule has 92 valence electrons. The maximum atomic E-state index is 12.7. The van der Waals surface area contributed by atoms with Crippen LogP contribution >= 0.6 is 0 Å². The van der Waals surface area contributed by atoms with Gasteiger partial charge in [-0.2, -0.15) is 0 Å². The van der Waals surface area contributed by atoms with Crippen molar-refractivity contribution in [2.24, 2.45) is 5.92 Å². The van der Waals surface area contributed by atoms with Crippen LogP contribution in [0.25, 0.3) is 6.08 Å². The Morgan fingerprint density at radius 2 is 1.94 bits per heavy atom. The molecule has 0 fully saturated rings. The Kier molecular flexibility index (Phi) is 5.04. The van der Waals surface area contributed by atoms with Gasteiger partial charge in [0.05, 0.1) is 0 Å². The van der Waals surface area contributed by atoms with E-state index in [1.165, 1.54) is 12.1 Å². The van der Waals surface area contributed by atoms with E-state index in [4.69, 9.17) is 0 Å². The van der Waals surface area contributed by atoms with Crippen molar-refractivity contribution in [1.29, 1.82) is 0 Å². The molecule has 1 rings (SSSR count). The molecule has 0 spiro atoms. The van der Waals surface area contributed by atoms with Gasteiger partial charge in [-0.05, 0) is 37.9 Å². The highest BCUT2D eigenvalue weighted by atomic mass is 19.1. The number of hydrogen-bond acceptors (Lipinski definition) is 2. The fourth-order valence-corrected chi connectivity index (χ4v) is 1.55. The van der Waals surface area contributed by atoms with E-state index in [1.54, 1.807) is 24.3 Å². The quantitative estimate of drug-likeness (QED) is 0.731. The van der Waals surface area contributed by atoms with Gasteiger partial charge >= 0.3 is 0 Å². The van der Waals surface area contributed by atoms with Crippen molar-refractivity contribution in [3.63, 3.8) is 0 Å². The topological polar surface area (TPSA) is 20.3 Å². The van der Waals surface area contributed by atoms with E-state index < -0.39 is 0 Å². The van der Waals surface area contributed by atoms with Crippen LogP contribution in [-0.4, -0.2) is 31.3 Å². The van der Waals surface area contributed by atoms with Gasteiger partial charge in [-0.3, -0.25) is 4.79 Å². The Labute approximate surface area is 102 Å². The maximum absolute atomic E-state index is 12.7. The summed E-state index contributed by atoms with van der Waals surface area (Å²) < 4.78 is 12.7. The van der Waals surface area contributed by atoms with Crippen molar-refractivity contribution in [2.45, 2.75) is 6.92 Å². The highest BCUT2D eigenvalue weighted by molar-refractivity contribution is 5.95. The summed E-state index contributed by atoms with van der Waals surface area (Å²) in [7, 11) is 3.88. The normalized spacial score (nSPS) is 13.2. The lowest BCUT2D eigenvalue weighted by molar-refractivity contribution is -0.118. The molecule has 0 saturated heterocycles. The van der Waals surface area contributed by atoms with Gasteiger partial charge in [0.25, 0.3) is 0 Å². The number of hydrogen-bond donors (Lipinski definition) is 0. The molecule has 0 saturated carbocycles. The fraction of sp³-hybridized carbons (Fsp3) is 0.357. The van der Waals surface area contributed by atoms with E-state index in [-0.39, 0.29) is 17.5 Å². The van der Waals surface area contributed by atoms with Gasteiger partial charge in [0.15, 0.2) is 5.78 Å². The van der Waals surface area contributed by atoms with Gasteiger partial charge in [0.2, 0.25) is 0 Å². The molecule has 1 aromatic rings. The summed E-state index contributed by atoms with van der Waals surface area (Å²) in [6.45, 7) is 2.63. The predicted octanol–water partition coefficient (Wildman–Crippen LogP) is 2.61. The first kappa shape index (κ1) is 13.6. The maximum Gasteiger partial charge on any atom is 0.159 e. The van der Waals surface area contributed by atoms with Crippen molar-refractivity contribution < 1.29 is 9.18 Å². The first-order chi connectivity index (χ1) is 7.99. The van der Waals surface area contributed by atoms with Gasteiger partial charge in [0, 0.05) is 12.5 Å². The molecule has 0 radical (unpaired) electrons. The number of allylic oxidation sites excluding steroid dienone is 1.